The highest BCUT2D eigenvalue weighted by atomic mass is 35.5. The SMILES string of the molecule is CCOC(=O)C(CN)c1ccc(OC)cc1.Cl. The molecule has 1 atom stereocenters. The van der Waals surface area contributed by atoms with Crippen LogP contribution < -0.4 is 10.5 Å². The van der Waals surface area contributed by atoms with E-state index in [4.69, 9.17) is 15.2 Å². The molecule has 0 fully saturated rings. The summed E-state index contributed by atoms with van der Waals surface area (Å²) in [6.45, 7) is 2.39. The molecule has 1 aromatic rings. The second-order valence-electron chi connectivity index (χ2n) is 3.31. The number of nitrogens with two attached hydrogens (primary N) is 1. The molecular weight excluding hydrogens is 242 g/mol. The number of rotatable bonds is 5. The van der Waals surface area contributed by atoms with Gasteiger partial charge in [-0.25, -0.2) is 0 Å². The first-order valence-corrected chi connectivity index (χ1v) is 5.23. The molecule has 96 valence electrons. The quantitative estimate of drug-likeness (QED) is 0.818. The Bertz CT molecular complexity index is 340. The highest BCUT2D eigenvalue weighted by Gasteiger charge is 2.19. The predicted octanol–water partition coefficient (Wildman–Crippen LogP) is 1.72. The summed E-state index contributed by atoms with van der Waals surface area (Å²) >= 11 is 0. The van der Waals surface area contributed by atoms with Crippen molar-refractivity contribution in [1.29, 1.82) is 0 Å². The van der Waals surface area contributed by atoms with Crippen LogP contribution in [0.3, 0.4) is 0 Å². The molecule has 1 rings (SSSR count). The van der Waals surface area contributed by atoms with Crippen molar-refractivity contribution in [2.45, 2.75) is 12.8 Å². The minimum atomic E-state index is -0.397. The number of ether oxygens (including phenoxy) is 2. The zero-order valence-corrected chi connectivity index (χ0v) is 10.8. The number of carbonyl (C=O) groups excluding carboxylic acids is 1. The molecular formula is C12H18ClNO3. The van der Waals surface area contributed by atoms with Crippen molar-refractivity contribution in [3.8, 4) is 5.75 Å². The minimum absolute atomic E-state index is 0. The molecule has 5 heteroatoms. The number of benzene rings is 1. The summed E-state index contributed by atoms with van der Waals surface area (Å²) < 4.78 is 10.00. The Labute approximate surface area is 108 Å². The van der Waals surface area contributed by atoms with Gasteiger partial charge in [0.15, 0.2) is 0 Å². The van der Waals surface area contributed by atoms with Gasteiger partial charge in [0.1, 0.15) is 5.75 Å². The maximum Gasteiger partial charge on any atom is 0.314 e. The summed E-state index contributed by atoms with van der Waals surface area (Å²) in [5.74, 6) is 0.0735. The van der Waals surface area contributed by atoms with Gasteiger partial charge in [0.25, 0.3) is 0 Å². The van der Waals surface area contributed by atoms with Gasteiger partial charge in [0.2, 0.25) is 0 Å². The molecule has 17 heavy (non-hydrogen) atoms. The van der Waals surface area contributed by atoms with Crippen molar-refractivity contribution >= 4 is 18.4 Å². The van der Waals surface area contributed by atoms with Crippen LogP contribution in [-0.4, -0.2) is 26.2 Å². The number of esters is 1. The van der Waals surface area contributed by atoms with Gasteiger partial charge in [-0.05, 0) is 24.6 Å². The Morgan fingerprint density at radius 1 is 1.35 bits per heavy atom. The molecule has 0 spiro atoms. The molecule has 0 saturated carbocycles. The molecule has 0 aliphatic heterocycles. The first kappa shape index (κ1) is 15.7. The van der Waals surface area contributed by atoms with Crippen LogP contribution >= 0.6 is 12.4 Å². The Kier molecular flexibility index (Phi) is 7.34. The van der Waals surface area contributed by atoms with E-state index in [-0.39, 0.29) is 24.9 Å². The average Bonchev–Trinajstić information content (AvgIpc) is 2.31. The lowest BCUT2D eigenvalue weighted by Gasteiger charge is -2.13. The van der Waals surface area contributed by atoms with Crippen LogP contribution in [0.4, 0.5) is 0 Å². The molecule has 1 unspecified atom stereocenters. The molecule has 0 amide bonds. The summed E-state index contributed by atoms with van der Waals surface area (Å²) in [6, 6.07) is 7.26. The van der Waals surface area contributed by atoms with Crippen LogP contribution in [0.5, 0.6) is 5.75 Å². The molecule has 2 N–H and O–H groups in total. The van der Waals surface area contributed by atoms with Crippen LogP contribution in [0, 0.1) is 0 Å². The van der Waals surface area contributed by atoms with E-state index in [0.717, 1.165) is 11.3 Å². The Hall–Kier alpha value is -1.26. The summed E-state index contributed by atoms with van der Waals surface area (Å²) in [5, 5.41) is 0. The third-order valence-corrected chi connectivity index (χ3v) is 2.32. The summed E-state index contributed by atoms with van der Waals surface area (Å²) in [5.41, 5.74) is 6.42. The maximum absolute atomic E-state index is 11.6. The van der Waals surface area contributed by atoms with Crippen molar-refractivity contribution in [2.75, 3.05) is 20.3 Å². The highest BCUT2D eigenvalue weighted by molar-refractivity contribution is 5.85. The Morgan fingerprint density at radius 2 is 1.94 bits per heavy atom. The zero-order valence-electron chi connectivity index (χ0n) is 10.0. The van der Waals surface area contributed by atoms with Crippen molar-refractivity contribution in [2.24, 2.45) is 5.73 Å². The lowest BCUT2D eigenvalue weighted by Crippen LogP contribution is -2.23. The fraction of sp³-hybridized carbons (Fsp3) is 0.417. The average molecular weight is 260 g/mol. The molecule has 1 aromatic carbocycles. The molecule has 0 aliphatic rings. The van der Waals surface area contributed by atoms with E-state index in [0.29, 0.717) is 6.61 Å². The minimum Gasteiger partial charge on any atom is -0.497 e. The summed E-state index contributed by atoms with van der Waals surface area (Å²) in [4.78, 5) is 11.6. The number of hydrogen-bond donors (Lipinski definition) is 1. The Balaban J connectivity index is 0.00000256. The van der Waals surface area contributed by atoms with Gasteiger partial charge in [0.05, 0.1) is 19.6 Å². The van der Waals surface area contributed by atoms with Crippen LogP contribution in [0.2, 0.25) is 0 Å². The summed E-state index contributed by atoms with van der Waals surface area (Å²) in [6.07, 6.45) is 0. The van der Waals surface area contributed by atoms with Crippen LogP contribution in [-0.2, 0) is 9.53 Å². The van der Waals surface area contributed by atoms with E-state index in [1.165, 1.54) is 0 Å². The van der Waals surface area contributed by atoms with E-state index >= 15 is 0 Å². The van der Waals surface area contributed by atoms with Gasteiger partial charge in [-0.3, -0.25) is 4.79 Å². The molecule has 0 radical (unpaired) electrons. The number of methoxy groups -OCH3 is 1. The van der Waals surface area contributed by atoms with Gasteiger partial charge in [-0.15, -0.1) is 12.4 Å². The van der Waals surface area contributed by atoms with Crippen molar-refractivity contribution in [3.05, 3.63) is 29.8 Å². The predicted molar refractivity (Wildman–Crippen MR) is 68.7 cm³/mol. The summed E-state index contributed by atoms with van der Waals surface area (Å²) in [7, 11) is 1.60. The van der Waals surface area contributed by atoms with E-state index in [9.17, 15) is 4.79 Å². The number of hydrogen-bond acceptors (Lipinski definition) is 4. The first-order chi connectivity index (χ1) is 7.72. The van der Waals surface area contributed by atoms with Crippen molar-refractivity contribution in [1.82, 2.24) is 0 Å². The maximum atomic E-state index is 11.6. The van der Waals surface area contributed by atoms with Crippen LogP contribution in [0.25, 0.3) is 0 Å². The van der Waals surface area contributed by atoms with Crippen molar-refractivity contribution in [3.63, 3.8) is 0 Å². The smallest absolute Gasteiger partial charge is 0.314 e. The van der Waals surface area contributed by atoms with Gasteiger partial charge >= 0.3 is 5.97 Å². The Morgan fingerprint density at radius 3 is 2.35 bits per heavy atom. The third kappa shape index (κ3) is 4.24. The fourth-order valence-corrected chi connectivity index (χ4v) is 1.45. The first-order valence-electron chi connectivity index (χ1n) is 5.23. The van der Waals surface area contributed by atoms with Gasteiger partial charge < -0.3 is 15.2 Å². The monoisotopic (exact) mass is 259 g/mol. The molecule has 0 aromatic heterocycles. The second kappa shape index (κ2) is 7.92. The molecule has 0 bridgehead atoms. The van der Waals surface area contributed by atoms with E-state index in [2.05, 4.69) is 0 Å². The highest BCUT2D eigenvalue weighted by Crippen LogP contribution is 2.19. The van der Waals surface area contributed by atoms with Gasteiger partial charge in [0, 0.05) is 6.54 Å². The largest absolute Gasteiger partial charge is 0.497 e. The zero-order chi connectivity index (χ0) is 12.0. The number of carbonyl (C=O) groups is 1. The van der Waals surface area contributed by atoms with E-state index < -0.39 is 5.92 Å². The topological polar surface area (TPSA) is 61.5 Å². The van der Waals surface area contributed by atoms with E-state index in [1.54, 1.807) is 26.2 Å². The molecule has 0 aliphatic carbocycles. The van der Waals surface area contributed by atoms with Gasteiger partial charge in [-0.2, -0.15) is 0 Å². The van der Waals surface area contributed by atoms with E-state index in [1.807, 2.05) is 12.1 Å². The lowest BCUT2D eigenvalue weighted by atomic mass is 9.99. The van der Waals surface area contributed by atoms with Crippen LogP contribution in [0.1, 0.15) is 18.4 Å². The lowest BCUT2D eigenvalue weighted by molar-refractivity contribution is -0.144. The third-order valence-electron chi connectivity index (χ3n) is 2.32. The van der Waals surface area contributed by atoms with Crippen LogP contribution in [0.15, 0.2) is 24.3 Å². The van der Waals surface area contributed by atoms with Crippen molar-refractivity contribution < 1.29 is 14.3 Å². The second-order valence-corrected chi connectivity index (χ2v) is 3.31. The number of halogens is 1. The fourth-order valence-electron chi connectivity index (χ4n) is 1.45. The normalized spacial score (nSPS) is 11.2. The molecule has 0 heterocycles. The molecule has 0 saturated heterocycles. The van der Waals surface area contributed by atoms with Gasteiger partial charge in [-0.1, -0.05) is 12.1 Å². The standard InChI is InChI=1S/C12H17NO3.ClH/c1-3-16-12(14)11(8-13)9-4-6-10(15-2)7-5-9;/h4-7,11H,3,8,13H2,1-2H3;1H. The molecule has 4 nitrogen and oxygen atoms in total.